The van der Waals surface area contributed by atoms with Gasteiger partial charge < -0.3 is 15.4 Å². The molecule has 1 atom stereocenters. The van der Waals surface area contributed by atoms with Crippen molar-refractivity contribution in [2.75, 3.05) is 13.1 Å². The summed E-state index contributed by atoms with van der Waals surface area (Å²) >= 11 is 0. The molecule has 1 amide bonds. The monoisotopic (exact) mass is 340 g/mol. The van der Waals surface area contributed by atoms with E-state index < -0.39 is 0 Å². The van der Waals surface area contributed by atoms with Gasteiger partial charge in [0.1, 0.15) is 5.75 Å². The normalized spacial score (nSPS) is 17.4. The number of benzene rings is 1. The summed E-state index contributed by atoms with van der Waals surface area (Å²) in [6, 6.07) is 9.49. The number of amides is 1. The summed E-state index contributed by atoms with van der Waals surface area (Å²) in [6.07, 6.45) is 2.88. The van der Waals surface area contributed by atoms with Crippen LogP contribution in [0.2, 0.25) is 0 Å². The third-order valence-corrected chi connectivity index (χ3v) is 4.39. The maximum Gasteiger partial charge on any atom is 0.236 e. The van der Waals surface area contributed by atoms with E-state index >= 15 is 0 Å². The Morgan fingerprint density at radius 2 is 2.00 bits per heavy atom. The van der Waals surface area contributed by atoms with Crippen LogP contribution in [0.1, 0.15) is 42.4 Å². The van der Waals surface area contributed by atoms with Crippen LogP contribution >= 0.6 is 0 Å². The van der Waals surface area contributed by atoms with Gasteiger partial charge in [-0.05, 0) is 45.2 Å². The minimum atomic E-state index is -0.134. The van der Waals surface area contributed by atoms with Gasteiger partial charge in [-0.3, -0.25) is 4.79 Å². The molecular weight excluding hydrogens is 316 g/mol. The molecule has 6 nitrogen and oxygen atoms in total. The molecule has 1 unspecified atom stereocenters. The van der Waals surface area contributed by atoms with Crippen molar-refractivity contribution in [3.63, 3.8) is 0 Å². The SMILES string of the molecule is Cc1ccc(Oc2cc(C)nc(C3CCCCN3C(=O)CN)n2)cc1. The summed E-state index contributed by atoms with van der Waals surface area (Å²) < 4.78 is 5.89. The lowest BCUT2D eigenvalue weighted by molar-refractivity contribution is -0.133. The lowest BCUT2D eigenvalue weighted by Crippen LogP contribution is -2.42. The number of nitrogens with zero attached hydrogens (tertiary/aromatic N) is 3. The molecule has 2 N–H and O–H groups in total. The predicted octanol–water partition coefficient (Wildman–Crippen LogP) is 2.90. The number of ether oxygens (including phenoxy) is 1. The molecule has 0 radical (unpaired) electrons. The van der Waals surface area contributed by atoms with Crippen LogP contribution in [0.3, 0.4) is 0 Å². The molecule has 0 spiro atoms. The highest BCUT2D eigenvalue weighted by Crippen LogP contribution is 2.30. The van der Waals surface area contributed by atoms with Gasteiger partial charge in [0.05, 0.1) is 12.6 Å². The number of piperidine rings is 1. The van der Waals surface area contributed by atoms with E-state index in [1.807, 2.05) is 38.1 Å². The molecule has 25 heavy (non-hydrogen) atoms. The molecule has 132 valence electrons. The van der Waals surface area contributed by atoms with Crippen LogP contribution in [-0.4, -0.2) is 33.9 Å². The van der Waals surface area contributed by atoms with Gasteiger partial charge in [-0.2, -0.15) is 4.98 Å². The molecule has 0 aliphatic carbocycles. The first-order valence-corrected chi connectivity index (χ1v) is 8.66. The second-order valence-electron chi connectivity index (χ2n) is 6.42. The lowest BCUT2D eigenvalue weighted by atomic mass is 10.0. The van der Waals surface area contributed by atoms with Crippen molar-refractivity contribution in [2.45, 2.75) is 39.2 Å². The average Bonchev–Trinajstić information content (AvgIpc) is 2.62. The number of hydrogen-bond acceptors (Lipinski definition) is 5. The van der Waals surface area contributed by atoms with Gasteiger partial charge in [-0.1, -0.05) is 17.7 Å². The van der Waals surface area contributed by atoms with Gasteiger partial charge in [-0.15, -0.1) is 0 Å². The Kier molecular flexibility index (Phi) is 5.28. The third-order valence-electron chi connectivity index (χ3n) is 4.39. The number of rotatable bonds is 4. The maximum absolute atomic E-state index is 12.2. The average molecular weight is 340 g/mol. The van der Waals surface area contributed by atoms with Crippen molar-refractivity contribution in [1.29, 1.82) is 0 Å². The molecule has 1 fully saturated rings. The lowest BCUT2D eigenvalue weighted by Gasteiger charge is -2.34. The highest BCUT2D eigenvalue weighted by molar-refractivity contribution is 5.78. The van der Waals surface area contributed by atoms with Gasteiger partial charge in [0.15, 0.2) is 5.82 Å². The quantitative estimate of drug-likeness (QED) is 0.925. The second-order valence-corrected chi connectivity index (χ2v) is 6.42. The van der Waals surface area contributed by atoms with Crippen LogP contribution in [-0.2, 0) is 4.79 Å². The van der Waals surface area contributed by atoms with Crippen LogP contribution < -0.4 is 10.5 Å². The fourth-order valence-corrected chi connectivity index (χ4v) is 3.11. The molecule has 2 aromatic rings. The summed E-state index contributed by atoms with van der Waals surface area (Å²) in [6.45, 7) is 4.65. The smallest absolute Gasteiger partial charge is 0.236 e. The van der Waals surface area contributed by atoms with E-state index in [4.69, 9.17) is 10.5 Å². The van der Waals surface area contributed by atoms with Crippen molar-refractivity contribution in [3.05, 3.63) is 47.4 Å². The number of aryl methyl sites for hydroxylation is 2. The Balaban J connectivity index is 1.87. The summed E-state index contributed by atoms with van der Waals surface area (Å²) in [5, 5.41) is 0. The number of nitrogens with two attached hydrogens (primary N) is 1. The fraction of sp³-hybridized carbons (Fsp3) is 0.421. The first-order valence-electron chi connectivity index (χ1n) is 8.66. The Morgan fingerprint density at radius 1 is 1.24 bits per heavy atom. The number of aromatic nitrogens is 2. The van der Waals surface area contributed by atoms with Gasteiger partial charge in [0.2, 0.25) is 11.8 Å². The molecule has 1 saturated heterocycles. The Morgan fingerprint density at radius 3 is 2.72 bits per heavy atom. The van der Waals surface area contributed by atoms with E-state index in [0.29, 0.717) is 18.2 Å². The van der Waals surface area contributed by atoms with Crippen molar-refractivity contribution in [1.82, 2.24) is 14.9 Å². The molecule has 0 saturated carbocycles. The van der Waals surface area contributed by atoms with Gasteiger partial charge in [0, 0.05) is 18.3 Å². The van der Waals surface area contributed by atoms with E-state index in [-0.39, 0.29) is 18.5 Å². The molecule has 6 heteroatoms. The molecule has 3 rings (SSSR count). The minimum absolute atomic E-state index is 0.00897. The highest BCUT2D eigenvalue weighted by Gasteiger charge is 2.29. The number of likely N-dealkylation sites (tertiary alicyclic amines) is 1. The maximum atomic E-state index is 12.2. The standard InChI is InChI=1S/C19H24N4O2/c1-13-6-8-15(9-7-13)25-17-11-14(2)21-19(22-17)16-5-3-4-10-23(16)18(24)12-20/h6-9,11,16H,3-5,10,12,20H2,1-2H3. The topological polar surface area (TPSA) is 81.3 Å². The molecule has 1 aliphatic rings. The van der Waals surface area contributed by atoms with Gasteiger partial charge in [-0.25, -0.2) is 4.98 Å². The van der Waals surface area contributed by atoms with Gasteiger partial charge in [0.25, 0.3) is 0 Å². The van der Waals surface area contributed by atoms with Crippen molar-refractivity contribution >= 4 is 5.91 Å². The van der Waals surface area contributed by atoms with Crippen molar-refractivity contribution in [2.24, 2.45) is 5.73 Å². The largest absolute Gasteiger partial charge is 0.439 e. The third kappa shape index (κ3) is 4.14. The first kappa shape index (κ1) is 17.4. The van der Waals surface area contributed by atoms with Crippen molar-refractivity contribution in [3.8, 4) is 11.6 Å². The Bertz CT molecular complexity index is 746. The van der Waals surface area contributed by atoms with Crippen LogP contribution in [0.4, 0.5) is 0 Å². The number of hydrogen-bond donors (Lipinski definition) is 1. The summed E-state index contributed by atoms with van der Waals surface area (Å²) in [5.41, 5.74) is 7.55. The van der Waals surface area contributed by atoms with Crippen molar-refractivity contribution < 1.29 is 9.53 Å². The van der Waals surface area contributed by atoms with Crippen LogP contribution in [0, 0.1) is 13.8 Å². The zero-order valence-corrected chi connectivity index (χ0v) is 14.7. The van der Waals surface area contributed by atoms with Crippen LogP contribution in [0.15, 0.2) is 30.3 Å². The second kappa shape index (κ2) is 7.61. The first-order chi connectivity index (χ1) is 12.1. The Labute approximate surface area is 148 Å². The molecule has 2 heterocycles. The Hall–Kier alpha value is -2.47. The molecule has 1 aromatic carbocycles. The molecule has 1 aliphatic heterocycles. The predicted molar refractivity (Wildman–Crippen MR) is 95.4 cm³/mol. The zero-order chi connectivity index (χ0) is 17.8. The number of carbonyl (C=O) groups is 1. The molecular formula is C19H24N4O2. The van der Waals surface area contributed by atoms with E-state index in [1.54, 1.807) is 11.0 Å². The highest BCUT2D eigenvalue weighted by atomic mass is 16.5. The van der Waals surface area contributed by atoms with E-state index in [0.717, 1.165) is 30.7 Å². The number of carbonyl (C=O) groups excluding carboxylic acids is 1. The van der Waals surface area contributed by atoms with E-state index in [2.05, 4.69) is 9.97 Å². The summed E-state index contributed by atoms with van der Waals surface area (Å²) in [4.78, 5) is 23.1. The zero-order valence-electron chi connectivity index (χ0n) is 14.7. The van der Waals surface area contributed by atoms with E-state index in [1.165, 1.54) is 5.56 Å². The molecule has 1 aromatic heterocycles. The van der Waals surface area contributed by atoms with Crippen LogP contribution in [0.5, 0.6) is 11.6 Å². The summed E-state index contributed by atoms with van der Waals surface area (Å²) in [7, 11) is 0. The van der Waals surface area contributed by atoms with Gasteiger partial charge >= 0.3 is 0 Å². The summed E-state index contributed by atoms with van der Waals surface area (Å²) in [5.74, 6) is 1.80. The molecule has 0 bridgehead atoms. The van der Waals surface area contributed by atoms with E-state index in [9.17, 15) is 4.79 Å². The minimum Gasteiger partial charge on any atom is -0.439 e. The fourth-order valence-electron chi connectivity index (χ4n) is 3.11. The van der Waals surface area contributed by atoms with Crippen LogP contribution in [0.25, 0.3) is 0 Å².